The van der Waals surface area contributed by atoms with Crippen LogP contribution in [0.15, 0.2) is 24.3 Å². The molecule has 18 heavy (non-hydrogen) atoms. The van der Waals surface area contributed by atoms with Gasteiger partial charge in [-0.15, -0.1) is 0 Å². The van der Waals surface area contributed by atoms with Gasteiger partial charge in [0.05, 0.1) is 0 Å². The average molecular weight is 267 g/mol. The molecule has 0 bridgehead atoms. The Hall–Kier alpha value is -0.720. The van der Waals surface area contributed by atoms with Crippen LogP contribution in [-0.4, -0.2) is 4.89 Å². The summed E-state index contributed by atoms with van der Waals surface area (Å²) in [5, 5.41) is 0.610. The van der Waals surface area contributed by atoms with Gasteiger partial charge in [0.1, 0.15) is 0 Å². The van der Waals surface area contributed by atoms with Crippen LogP contribution in [0, 0.1) is 0 Å². The summed E-state index contributed by atoms with van der Waals surface area (Å²) < 4.78 is 11.2. The first-order valence-corrected chi connectivity index (χ1v) is 8.21. The van der Waals surface area contributed by atoms with E-state index in [2.05, 4.69) is 6.92 Å². The highest BCUT2D eigenvalue weighted by Gasteiger charge is 2.19. The van der Waals surface area contributed by atoms with Gasteiger partial charge in [0, 0.05) is 5.56 Å². The Bertz CT molecular complexity index is 363. The van der Waals surface area contributed by atoms with E-state index in [-0.39, 0.29) is 0 Å². The minimum absolute atomic E-state index is 0.610. The molecule has 0 aliphatic heterocycles. The van der Waals surface area contributed by atoms with Crippen molar-refractivity contribution < 1.29 is 9.46 Å². The van der Waals surface area contributed by atoms with Crippen LogP contribution in [0.25, 0.3) is 0 Å². The van der Waals surface area contributed by atoms with Crippen molar-refractivity contribution in [3.8, 4) is 0 Å². The van der Waals surface area contributed by atoms with Gasteiger partial charge in [0.25, 0.3) is 0 Å². The number of rotatable bonds is 9. The van der Waals surface area contributed by atoms with Crippen LogP contribution in [0.4, 0.5) is 0 Å². The van der Waals surface area contributed by atoms with Crippen molar-refractivity contribution in [1.82, 2.24) is 0 Å². The van der Waals surface area contributed by atoms with Gasteiger partial charge >= 0.3 is 8.03 Å². The molecule has 0 aliphatic carbocycles. The SMILES string of the molecule is CCCCCCCCCc1ccccc1[P+](=O)O. The number of benzene rings is 1. The van der Waals surface area contributed by atoms with Crippen LogP contribution in [0.5, 0.6) is 0 Å². The van der Waals surface area contributed by atoms with Crippen molar-refractivity contribution in [3.05, 3.63) is 29.8 Å². The van der Waals surface area contributed by atoms with E-state index in [9.17, 15) is 9.46 Å². The lowest BCUT2D eigenvalue weighted by atomic mass is 10.0. The summed E-state index contributed by atoms with van der Waals surface area (Å²) in [7, 11) is -2.20. The third-order valence-electron chi connectivity index (χ3n) is 3.25. The maximum absolute atomic E-state index is 11.2. The molecule has 0 saturated heterocycles. The quantitative estimate of drug-likeness (QED) is 0.534. The lowest BCUT2D eigenvalue weighted by Gasteiger charge is -2.02. The molecule has 1 unspecified atom stereocenters. The maximum atomic E-state index is 11.2. The summed E-state index contributed by atoms with van der Waals surface area (Å²) in [6.07, 6.45) is 9.84. The zero-order valence-corrected chi connectivity index (χ0v) is 12.2. The molecule has 1 atom stereocenters. The first-order chi connectivity index (χ1) is 8.75. The van der Waals surface area contributed by atoms with Crippen LogP contribution >= 0.6 is 8.03 Å². The summed E-state index contributed by atoms with van der Waals surface area (Å²) in [5.74, 6) is 0. The summed E-state index contributed by atoms with van der Waals surface area (Å²) in [6.45, 7) is 2.23. The van der Waals surface area contributed by atoms with Crippen molar-refractivity contribution >= 4 is 13.3 Å². The lowest BCUT2D eigenvalue weighted by Crippen LogP contribution is -2.04. The monoisotopic (exact) mass is 267 g/mol. The molecule has 0 aliphatic rings. The number of aryl methyl sites for hydroxylation is 1. The van der Waals surface area contributed by atoms with E-state index in [1.54, 1.807) is 6.07 Å². The van der Waals surface area contributed by atoms with E-state index in [0.717, 1.165) is 18.4 Å². The molecule has 1 aromatic carbocycles. The molecule has 0 radical (unpaired) electrons. The van der Waals surface area contributed by atoms with Gasteiger partial charge in [-0.2, -0.15) is 4.89 Å². The number of hydrogen-bond donors (Lipinski definition) is 1. The van der Waals surface area contributed by atoms with E-state index < -0.39 is 8.03 Å². The summed E-state index contributed by atoms with van der Waals surface area (Å²) >= 11 is 0. The Kier molecular flexibility index (Phi) is 7.88. The fraction of sp³-hybridized carbons (Fsp3) is 0.600. The Morgan fingerprint density at radius 3 is 2.28 bits per heavy atom. The van der Waals surface area contributed by atoms with E-state index in [0.29, 0.717) is 5.30 Å². The summed E-state index contributed by atoms with van der Waals surface area (Å²) in [4.78, 5) is 9.21. The molecule has 1 N–H and O–H groups in total. The molecule has 0 fully saturated rings. The maximum Gasteiger partial charge on any atom is 0.546 e. The highest BCUT2D eigenvalue weighted by atomic mass is 31.1. The summed E-state index contributed by atoms with van der Waals surface area (Å²) in [5.41, 5.74) is 1.04. The van der Waals surface area contributed by atoms with Crippen molar-refractivity contribution in [1.29, 1.82) is 0 Å². The van der Waals surface area contributed by atoms with Crippen LogP contribution in [0.3, 0.4) is 0 Å². The second kappa shape index (κ2) is 9.24. The van der Waals surface area contributed by atoms with Gasteiger partial charge in [-0.05, 0) is 23.5 Å². The van der Waals surface area contributed by atoms with Crippen molar-refractivity contribution in [2.75, 3.05) is 0 Å². The van der Waals surface area contributed by atoms with Crippen molar-refractivity contribution in [2.45, 2.75) is 58.3 Å². The van der Waals surface area contributed by atoms with Gasteiger partial charge in [-0.25, -0.2) is 0 Å². The van der Waals surface area contributed by atoms with Gasteiger partial charge < -0.3 is 0 Å². The molecule has 1 rings (SSSR count). The van der Waals surface area contributed by atoms with Gasteiger partial charge in [-0.3, -0.25) is 0 Å². The van der Waals surface area contributed by atoms with Crippen LogP contribution in [-0.2, 0) is 11.0 Å². The fourth-order valence-corrected chi connectivity index (χ4v) is 2.83. The molecule has 0 amide bonds. The molecule has 100 valence electrons. The predicted octanol–water partition coefficient (Wildman–Crippen LogP) is 4.34. The molecular weight excluding hydrogens is 243 g/mol. The second-order valence-electron chi connectivity index (χ2n) is 4.77. The largest absolute Gasteiger partial charge is 0.546 e. The highest BCUT2D eigenvalue weighted by Crippen LogP contribution is 2.18. The molecule has 0 spiro atoms. The minimum atomic E-state index is -2.20. The zero-order chi connectivity index (χ0) is 13.2. The Morgan fingerprint density at radius 1 is 1.00 bits per heavy atom. The third-order valence-corrected chi connectivity index (χ3v) is 4.10. The molecular formula is C15H24O2P+. The second-order valence-corrected chi connectivity index (χ2v) is 5.80. The molecule has 1 aromatic rings. The van der Waals surface area contributed by atoms with Crippen molar-refractivity contribution in [2.24, 2.45) is 0 Å². The Labute approximate surface area is 111 Å². The zero-order valence-electron chi connectivity index (χ0n) is 11.3. The van der Waals surface area contributed by atoms with E-state index in [1.807, 2.05) is 18.2 Å². The first kappa shape index (κ1) is 15.3. The van der Waals surface area contributed by atoms with Crippen LogP contribution < -0.4 is 5.30 Å². The summed E-state index contributed by atoms with van der Waals surface area (Å²) in [6, 6.07) is 7.50. The van der Waals surface area contributed by atoms with E-state index in [1.165, 1.54) is 38.5 Å². The highest BCUT2D eigenvalue weighted by molar-refractivity contribution is 7.47. The van der Waals surface area contributed by atoms with Crippen molar-refractivity contribution in [3.63, 3.8) is 0 Å². The third kappa shape index (κ3) is 5.75. The van der Waals surface area contributed by atoms with Gasteiger partial charge in [-0.1, -0.05) is 63.6 Å². The normalized spacial score (nSPS) is 11.6. The Balaban J connectivity index is 2.25. The predicted molar refractivity (Wildman–Crippen MR) is 77.6 cm³/mol. The molecule has 3 heteroatoms. The average Bonchev–Trinajstić information content (AvgIpc) is 2.38. The number of hydrogen-bond acceptors (Lipinski definition) is 1. The molecule has 0 heterocycles. The van der Waals surface area contributed by atoms with Gasteiger partial charge in [0.15, 0.2) is 0 Å². The Morgan fingerprint density at radius 2 is 1.61 bits per heavy atom. The van der Waals surface area contributed by atoms with Gasteiger partial charge in [0.2, 0.25) is 5.30 Å². The molecule has 0 aromatic heterocycles. The van der Waals surface area contributed by atoms with E-state index in [4.69, 9.17) is 0 Å². The standard InChI is InChI=1S/C15H23O2P/c1-2-3-4-5-6-7-8-11-14-12-9-10-13-15(14)18(16)17/h9-10,12-13H,2-8,11H2,1H3/p+1. The molecule has 2 nitrogen and oxygen atoms in total. The molecule has 0 saturated carbocycles. The smallest absolute Gasteiger partial charge is 0.156 e. The lowest BCUT2D eigenvalue weighted by molar-refractivity contribution is 0.513. The van der Waals surface area contributed by atoms with E-state index >= 15 is 0 Å². The number of unbranched alkanes of at least 4 members (excludes halogenated alkanes) is 6. The fourth-order valence-electron chi connectivity index (χ4n) is 2.18. The minimum Gasteiger partial charge on any atom is -0.156 e. The topological polar surface area (TPSA) is 37.3 Å². The van der Waals surface area contributed by atoms with Crippen LogP contribution in [0.1, 0.15) is 57.4 Å². The van der Waals surface area contributed by atoms with Crippen LogP contribution in [0.2, 0.25) is 0 Å². The first-order valence-electron chi connectivity index (χ1n) is 6.99.